The fourth-order valence-electron chi connectivity index (χ4n) is 2.30. The van der Waals surface area contributed by atoms with Gasteiger partial charge in [0, 0.05) is 14.1 Å². The van der Waals surface area contributed by atoms with Gasteiger partial charge in [0.25, 0.3) is 0 Å². The van der Waals surface area contributed by atoms with Crippen LogP contribution in [0.3, 0.4) is 0 Å². The van der Waals surface area contributed by atoms with Gasteiger partial charge >= 0.3 is 6.03 Å². The Morgan fingerprint density at radius 2 is 1.21 bits per heavy atom. The van der Waals surface area contributed by atoms with Crippen molar-refractivity contribution in [2.24, 2.45) is 0 Å². The second-order valence-electron chi connectivity index (χ2n) is 5.64. The van der Waals surface area contributed by atoms with E-state index < -0.39 is 6.03 Å². The van der Waals surface area contributed by atoms with Crippen LogP contribution in [0.5, 0.6) is 0 Å². The highest BCUT2D eigenvalue weighted by molar-refractivity contribution is 7.15. The topological polar surface area (TPSA) is 81.8 Å². The number of hydrogen-bond donors (Lipinski definition) is 2. The number of nitrogens with zero attached hydrogens (tertiary/aromatic N) is 2. The van der Waals surface area contributed by atoms with Crippen LogP contribution in [0.1, 0.15) is 13.8 Å². The van der Waals surface area contributed by atoms with Gasteiger partial charge < -0.3 is 9.80 Å². The summed E-state index contributed by atoms with van der Waals surface area (Å²) >= 11 is 2.63. The molecule has 0 spiro atoms. The molecule has 0 saturated carbocycles. The fourth-order valence-corrected chi connectivity index (χ4v) is 3.92. The third kappa shape index (κ3) is 5.08. The van der Waals surface area contributed by atoms with E-state index in [-0.39, 0.29) is 11.8 Å². The number of carbonyl (C=O) groups is 3. The molecule has 0 aliphatic heterocycles. The summed E-state index contributed by atoms with van der Waals surface area (Å²) in [7, 11) is 3.29. The maximum atomic E-state index is 12.5. The molecule has 2 aromatic rings. The van der Waals surface area contributed by atoms with Gasteiger partial charge in [-0.3, -0.25) is 20.2 Å². The lowest BCUT2D eigenvalue weighted by Gasteiger charge is -2.18. The Labute approximate surface area is 172 Å². The minimum atomic E-state index is -0.453. The summed E-state index contributed by atoms with van der Waals surface area (Å²) in [5, 5.41) is 10.2. The summed E-state index contributed by atoms with van der Waals surface area (Å²) in [6.45, 7) is 3.53. The Kier molecular flexibility index (Phi) is 7.53. The van der Waals surface area contributed by atoms with Gasteiger partial charge in [-0.25, -0.2) is 4.79 Å². The molecule has 28 heavy (non-hydrogen) atoms. The highest BCUT2D eigenvalue weighted by Gasteiger charge is 2.18. The first kappa shape index (κ1) is 21.4. The van der Waals surface area contributed by atoms with Crippen LogP contribution in [-0.4, -0.2) is 31.9 Å². The molecule has 0 radical (unpaired) electrons. The lowest BCUT2D eigenvalue weighted by molar-refractivity contribution is -0.114. The van der Waals surface area contributed by atoms with E-state index in [1.165, 1.54) is 44.6 Å². The molecule has 2 rings (SSSR count). The SMILES string of the molecule is C/C=C/C(=O)N(C)c1ccsc1NC(=O)Nc1sccc1N(C)C(=O)/C=C/C. The molecule has 0 aromatic carbocycles. The highest BCUT2D eigenvalue weighted by atomic mass is 32.1. The van der Waals surface area contributed by atoms with Crippen molar-refractivity contribution in [3.8, 4) is 0 Å². The minimum absolute atomic E-state index is 0.186. The molecule has 0 aliphatic rings. The number of likely N-dealkylation sites (N-methyl/N-ethyl adjacent to an activating group) is 2. The Morgan fingerprint density at radius 3 is 1.57 bits per heavy atom. The normalized spacial score (nSPS) is 11.0. The second kappa shape index (κ2) is 9.86. The highest BCUT2D eigenvalue weighted by Crippen LogP contribution is 2.34. The molecule has 4 amide bonds. The smallest absolute Gasteiger partial charge is 0.309 e. The van der Waals surface area contributed by atoms with Crippen molar-refractivity contribution in [3.05, 3.63) is 47.2 Å². The van der Waals surface area contributed by atoms with Gasteiger partial charge in [0.15, 0.2) is 0 Å². The van der Waals surface area contributed by atoms with Crippen molar-refractivity contribution >= 4 is 61.9 Å². The molecule has 2 N–H and O–H groups in total. The maximum Gasteiger partial charge on any atom is 0.325 e. The molecule has 148 valence electrons. The van der Waals surface area contributed by atoms with Gasteiger partial charge in [-0.15, -0.1) is 22.7 Å². The van der Waals surface area contributed by atoms with Crippen LogP contribution in [0.4, 0.5) is 26.2 Å². The number of allylic oxidation sites excluding steroid dienone is 2. The van der Waals surface area contributed by atoms with Crippen molar-refractivity contribution in [3.63, 3.8) is 0 Å². The Bertz CT molecular complexity index is 842. The number of hydrogen-bond acceptors (Lipinski definition) is 5. The molecule has 0 saturated heterocycles. The summed E-state index contributed by atoms with van der Waals surface area (Å²) in [5.74, 6) is -0.372. The van der Waals surface area contributed by atoms with Gasteiger partial charge in [0.2, 0.25) is 11.8 Å². The van der Waals surface area contributed by atoms with Crippen LogP contribution >= 0.6 is 22.7 Å². The van der Waals surface area contributed by atoms with Crippen molar-refractivity contribution < 1.29 is 14.4 Å². The third-order valence-electron chi connectivity index (χ3n) is 3.75. The number of carbonyl (C=O) groups excluding carboxylic acids is 3. The number of anilines is 4. The first-order chi connectivity index (χ1) is 13.4. The van der Waals surface area contributed by atoms with E-state index in [1.807, 2.05) is 0 Å². The summed E-state index contributed by atoms with van der Waals surface area (Å²) < 4.78 is 0. The molecular weight excluding hydrogens is 396 g/mol. The third-order valence-corrected chi connectivity index (χ3v) is 5.38. The van der Waals surface area contributed by atoms with Crippen molar-refractivity contribution in [1.29, 1.82) is 0 Å². The predicted molar refractivity (Wildman–Crippen MR) is 118 cm³/mol. The average molecular weight is 419 g/mol. The number of nitrogens with one attached hydrogen (secondary N) is 2. The number of thiophene rings is 2. The zero-order chi connectivity index (χ0) is 20.7. The average Bonchev–Trinajstić information content (AvgIpc) is 3.30. The molecular formula is C19H22N4O3S2. The fraction of sp³-hybridized carbons (Fsp3) is 0.211. The van der Waals surface area contributed by atoms with E-state index in [9.17, 15) is 14.4 Å². The Hall–Kier alpha value is -2.91. The molecule has 2 aromatic heterocycles. The molecule has 0 atom stereocenters. The second-order valence-corrected chi connectivity index (χ2v) is 7.48. The molecule has 7 nitrogen and oxygen atoms in total. The van der Waals surface area contributed by atoms with Gasteiger partial charge in [-0.05, 0) is 48.9 Å². The monoisotopic (exact) mass is 418 g/mol. The first-order valence-electron chi connectivity index (χ1n) is 8.42. The zero-order valence-corrected chi connectivity index (χ0v) is 17.7. The summed E-state index contributed by atoms with van der Waals surface area (Å²) in [6.07, 6.45) is 6.23. The minimum Gasteiger partial charge on any atom is -0.309 e. The summed E-state index contributed by atoms with van der Waals surface area (Å²) in [4.78, 5) is 39.5. The number of rotatable bonds is 6. The molecule has 0 fully saturated rings. The van der Waals surface area contributed by atoms with Crippen LogP contribution in [0.2, 0.25) is 0 Å². The van der Waals surface area contributed by atoms with Gasteiger partial charge in [0.1, 0.15) is 10.0 Å². The molecule has 0 aliphatic carbocycles. The molecule has 9 heteroatoms. The van der Waals surface area contributed by atoms with Crippen LogP contribution in [0.25, 0.3) is 0 Å². The van der Waals surface area contributed by atoms with E-state index in [0.29, 0.717) is 21.4 Å². The lowest BCUT2D eigenvalue weighted by atomic mass is 10.4. The van der Waals surface area contributed by atoms with Crippen LogP contribution in [-0.2, 0) is 9.59 Å². The van der Waals surface area contributed by atoms with Crippen LogP contribution < -0.4 is 20.4 Å². The molecule has 2 heterocycles. The van der Waals surface area contributed by atoms with E-state index in [0.717, 1.165) is 0 Å². The van der Waals surface area contributed by atoms with Crippen molar-refractivity contribution in [1.82, 2.24) is 0 Å². The molecule has 0 unspecified atom stereocenters. The van der Waals surface area contributed by atoms with E-state index >= 15 is 0 Å². The van der Waals surface area contributed by atoms with E-state index in [1.54, 1.807) is 63.0 Å². The predicted octanol–water partition coefficient (Wildman–Crippen LogP) is 4.53. The summed E-state index contributed by atoms with van der Waals surface area (Å²) in [5.41, 5.74) is 1.21. The Morgan fingerprint density at radius 1 is 0.821 bits per heavy atom. The van der Waals surface area contributed by atoms with Crippen molar-refractivity contribution in [2.75, 3.05) is 34.5 Å². The number of urea groups is 1. The van der Waals surface area contributed by atoms with Gasteiger partial charge in [-0.2, -0.15) is 0 Å². The lowest BCUT2D eigenvalue weighted by Crippen LogP contribution is -2.27. The van der Waals surface area contributed by atoms with Crippen LogP contribution in [0.15, 0.2) is 47.2 Å². The molecule has 0 bridgehead atoms. The van der Waals surface area contributed by atoms with E-state index in [4.69, 9.17) is 0 Å². The van der Waals surface area contributed by atoms with E-state index in [2.05, 4.69) is 10.6 Å². The van der Waals surface area contributed by atoms with Crippen LogP contribution in [0, 0.1) is 0 Å². The quantitative estimate of drug-likeness (QED) is 0.676. The largest absolute Gasteiger partial charge is 0.325 e. The van der Waals surface area contributed by atoms with Gasteiger partial charge in [-0.1, -0.05) is 12.2 Å². The maximum absolute atomic E-state index is 12.5. The first-order valence-corrected chi connectivity index (χ1v) is 10.2. The van der Waals surface area contributed by atoms with Crippen molar-refractivity contribution in [2.45, 2.75) is 13.8 Å². The van der Waals surface area contributed by atoms with Gasteiger partial charge in [0.05, 0.1) is 11.4 Å². The standard InChI is InChI=1S/C19H22N4O3S2/c1-5-7-15(24)22(3)13-9-11-27-17(13)20-19(26)21-18-14(10-12-28-18)23(4)16(25)8-6-2/h5-12H,1-4H3,(H2,20,21,26)/b7-5+,8-6+. The number of amides is 4. The Balaban J connectivity index is 2.11. The summed E-state index contributed by atoms with van der Waals surface area (Å²) in [6, 6.07) is 3.08. The zero-order valence-electron chi connectivity index (χ0n) is 16.1.